The fraction of sp³-hybridized carbons (Fsp3) is 0.238. The van der Waals surface area contributed by atoms with Crippen LogP contribution in [0.2, 0.25) is 0 Å². The molecule has 2 aromatic carbocycles. The van der Waals surface area contributed by atoms with Gasteiger partial charge in [-0.05, 0) is 30.7 Å². The fourth-order valence-corrected chi connectivity index (χ4v) is 3.23. The van der Waals surface area contributed by atoms with Crippen LogP contribution >= 0.6 is 0 Å². The number of carbonyl (C=O) groups is 1. The molecule has 0 spiro atoms. The number of fused-ring (bicyclic) bond motifs is 1. The van der Waals surface area contributed by atoms with E-state index in [1.54, 1.807) is 4.68 Å². The first-order chi connectivity index (χ1) is 12.7. The highest BCUT2D eigenvalue weighted by Gasteiger charge is 2.31. The zero-order valence-corrected chi connectivity index (χ0v) is 14.7. The average Bonchev–Trinajstić information content (AvgIpc) is 3.08. The summed E-state index contributed by atoms with van der Waals surface area (Å²) in [6.45, 7) is 3.72. The largest absolute Gasteiger partial charge is 0.487 e. The normalized spacial score (nSPS) is 16.4. The number of ether oxygens (including phenoxy) is 1. The maximum Gasteiger partial charge on any atom is 0.272 e. The lowest BCUT2D eigenvalue weighted by atomic mass is 10.1. The number of amides is 1. The molecule has 0 saturated carbocycles. The van der Waals surface area contributed by atoms with Gasteiger partial charge in [-0.1, -0.05) is 48.5 Å². The maximum absolute atomic E-state index is 12.9. The van der Waals surface area contributed by atoms with Gasteiger partial charge in [-0.25, -0.2) is 0 Å². The third kappa shape index (κ3) is 3.33. The van der Waals surface area contributed by atoms with Crippen molar-refractivity contribution in [3.05, 3.63) is 83.7 Å². The van der Waals surface area contributed by atoms with Crippen LogP contribution in [0.5, 0.6) is 5.75 Å². The van der Waals surface area contributed by atoms with E-state index in [4.69, 9.17) is 4.74 Å². The van der Waals surface area contributed by atoms with Crippen LogP contribution < -0.4 is 4.74 Å². The van der Waals surface area contributed by atoms with Gasteiger partial charge in [0.05, 0.1) is 6.54 Å². The monoisotopic (exact) mass is 347 g/mol. The Morgan fingerprint density at radius 1 is 1.08 bits per heavy atom. The Labute approximate surface area is 152 Å². The number of aromatic nitrogens is 2. The van der Waals surface area contributed by atoms with Crippen LogP contribution in [-0.4, -0.2) is 26.6 Å². The van der Waals surface area contributed by atoms with Crippen LogP contribution in [0.4, 0.5) is 0 Å². The molecule has 0 saturated heterocycles. The first-order valence-electron chi connectivity index (χ1n) is 8.80. The molecule has 132 valence electrons. The molecule has 1 amide bonds. The average molecular weight is 347 g/mol. The Bertz CT molecular complexity index is 890. The van der Waals surface area contributed by atoms with Crippen molar-refractivity contribution in [2.24, 2.45) is 0 Å². The van der Waals surface area contributed by atoms with Crippen LogP contribution in [0, 0.1) is 0 Å². The highest BCUT2D eigenvalue weighted by Crippen LogP contribution is 2.21. The first-order valence-corrected chi connectivity index (χ1v) is 8.80. The van der Waals surface area contributed by atoms with Crippen molar-refractivity contribution in [1.82, 2.24) is 14.7 Å². The summed E-state index contributed by atoms with van der Waals surface area (Å²) in [5, 5.41) is 4.55. The minimum absolute atomic E-state index is 0.0195. The number of carbonyl (C=O) groups excluding carboxylic acids is 1. The number of hydrogen-bond donors (Lipinski definition) is 0. The molecule has 1 aliphatic rings. The van der Waals surface area contributed by atoms with Crippen LogP contribution in [0.15, 0.2) is 66.7 Å². The molecular formula is C21H21N3O2. The van der Waals surface area contributed by atoms with Crippen LogP contribution in [0.1, 0.15) is 28.7 Å². The summed E-state index contributed by atoms with van der Waals surface area (Å²) >= 11 is 0. The smallest absolute Gasteiger partial charge is 0.272 e. The molecule has 1 unspecified atom stereocenters. The minimum Gasteiger partial charge on any atom is -0.487 e. The SMILES string of the molecule is CC1Cn2nc(COc3ccccc3)cc2C(=O)N1Cc1ccccc1. The number of para-hydroxylation sites is 1. The van der Waals surface area contributed by atoms with Crippen LogP contribution in [0.25, 0.3) is 0 Å². The van der Waals surface area contributed by atoms with Gasteiger partial charge in [0.2, 0.25) is 0 Å². The quantitative estimate of drug-likeness (QED) is 0.710. The zero-order chi connectivity index (χ0) is 17.9. The number of hydrogen-bond acceptors (Lipinski definition) is 3. The Kier molecular flexibility index (Phi) is 4.44. The van der Waals surface area contributed by atoms with Crippen molar-refractivity contribution < 1.29 is 9.53 Å². The van der Waals surface area contributed by atoms with E-state index in [0.717, 1.165) is 17.0 Å². The number of benzene rings is 2. The first kappa shape index (κ1) is 16.4. The van der Waals surface area contributed by atoms with E-state index in [1.165, 1.54) is 0 Å². The van der Waals surface area contributed by atoms with Gasteiger partial charge < -0.3 is 9.64 Å². The summed E-state index contributed by atoms with van der Waals surface area (Å²) in [5.74, 6) is 0.815. The predicted octanol–water partition coefficient (Wildman–Crippen LogP) is 3.51. The molecule has 26 heavy (non-hydrogen) atoms. The molecule has 2 heterocycles. The standard InChI is InChI=1S/C21H21N3O2/c1-16-13-24-20(21(25)23(16)14-17-8-4-2-5-9-17)12-18(22-24)15-26-19-10-6-3-7-11-19/h2-12,16H,13-15H2,1H3. The number of nitrogens with zero attached hydrogens (tertiary/aromatic N) is 3. The molecule has 5 nitrogen and oxygen atoms in total. The van der Waals surface area contributed by atoms with Gasteiger partial charge in [0.15, 0.2) is 0 Å². The van der Waals surface area contributed by atoms with Crippen molar-refractivity contribution in [2.75, 3.05) is 0 Å². The van der Waals surface area contributed by atoms with Crippen LogP contribution in [-0.2, 0) is 19.7 Å². The van der Waals surface area contributed by atoms with E-state index in [2.05, 4.69) is 12.0 Å². The van der Waals surface area contributed by atoms with Crippen molar-refractivity contribution in [1.29, 1.82) is 0 Å². The summed E-state index contributed by atoms with van der Waals surface area (Å²) in [7, 11) is 0. The molecule has 0 fully saturated rings. The molecule has 0 N–H and O–H groups in total. The lowest BCUT2D eigenvalue weighted by Gasteiger charge is -2.33. The Morgan fingerprint density at radius 2 is 1.77 bits per heavy atom. The van der Waals surface area contributed by atoms with E-state index in [-0.39, 0.29) is 11.9 Å². The molecular weight excluding hydrogens is 326 g/mol. The molecule has 1 atom stereocenters. The zero-order valence-electron chi connectivity index (χ0n) is 14.7. The van der Waals surface area contributed by atoms with Crippen molar-refractivity contribution in [2.45, 2.75) is 32.7 Å². The van der Waals surface area contributed by atoms with E-state index < -0.39 is 0 Å². The van der Waals surface area contributed by atoms with Gasteiger partial charge in [0, 0.05) is 12.6 Å². The summed E-state index contributed by atoms with van der Waals surface area (Å²) < 4.78 is 7.56. The van der Waals surface area contributed by atoms with Crippen molar-refractivity contribution in [3.8, 4) is 5.75 Å². The fourth-order valence-electron chi connectivity index (χ4n) is 3.23. The molecule has 3 aromatic rings. The topological polar surface area (TPSA) is 47.4 Å². The highest BCUT2D eigenvalue weighted by atomic mass is 16.5. The second-order valence-electron chi connectivity index (χ2n) is 6.57. The Morgan fingerprint density at radius 3 is 2.50 bits per heavy atom. The lowest BCUT2D eigenvalue weighted by Crippen LogP contribution is -2.46. The highest BCUT2D eigenvalue weighted by molar-refractivity contribution is 5.93. The van der Waals surface area contributed by atoms with Crippen LogP contribution in [0.3, 0.4) is 0 Å². The second-order valence-corrected chi connectivity index (χ2v) is 6.57. The lowest BCUT2D eigenvalue weighted by molar-refractivity contribution is 0.0584. The third-order valence-electron chi connectivity index (χ3n) is 4.61. The number of rotatable bonds is 5. The van der Waals surface area contributed by atoms with E-state index in [1.807, 2.05) is 71.6 Å². The van der Waals surface area contributed by atoms with Gasteiger partial charge in [0.1, 0.15) is 23.7 Å². The van der Waals surface area contributed by atoms with Crippen molar-refractivity contribution >= 4 is 5.91 Å². The molecule has 5 heteroatoms. The van der Waals surface area contributed by atoms with Gasteiger partial charge in [-0.2, -0.15) is 5.10 Å². The van der Waals surface area contributed by atoms with Gasteiger partial charge in [-0.15, -0.1) is 0 Å². The summed E-state index contributed by atoms with van der Waals surface area (Å²) in [5.41, 5.74) is 2.53. The van der Waals surface area contributed by atoms with Crippen molar-refractivity contribution in [3.63, 3.8) is 0 Å². The molecule has 0 aliphatic carbocycles. The Hall–Kier alpha value is -3.08. The maximum atomic E-state index is 12.9. The van der Waals surface area contributed by atoms with E-state index in [0.29, 0.717) is 25.4 Å². The van der Waals surface area contributed by atoms with E-state index >= 15 is 0 Å². The predicted molar refractivity (Wildman–Crippen MR) is 98.8 cm³/mol. The summed E-state index contributed by atoms with van der Waals surface area (Å²) in [6.07, 6.45) is 0. The third-order valence-corrected chi connectivity index (χ3v) is 4.61. The Balaban J connectivity index is 1.50. The second kappa shape index (κ2) is 7.04. The van der Waals surface area contributed by atoms with Gasteiger partial charge >= 0.3 is 0 Å². The van der Waals surface area contributed by atoms with E-state index in [9.17, 15) is 4.79 Å². The minimum atomic E-state index is 0.0195. The molecule has 0 radical (unpaired) electrons. The summed E-state index contributed by atoms with van der Waals surface area (Å²) in [6, 6.07) is 21.6. The molecule has 0 bridgehead atoms. The molecule has 1 aliphatic heterocycles. The van der Waals surface area contributed by atoms with Gasteiger partial charge in [0.25, 0.3) is 5.91 Å². The molecule has 4 rings (SSSR count). The summed E-state index contributed by atoms with van der Waals surface area (Å²) in [4.78, 5) is 14.9. The van der Waals surface area contributed by atoms with Gasteiger partial charge in [-0.3, -0.25) is 9.48 Å². The molecule has 1 aromatic heterocycles.